The standard InChI is InChI=1S/C17H20N4O2S2/c1-4-21(5-2)25(22,23)15-10-13(7-6-12(15)3)20-16-14-8-9-24-17(14)19-11-18-16/h6-11H,4-5H2,1-3H3,(H,18,19,20). The molecule has 0 saturated heterocycles. The SMILES string of the molecule is CCN(CC)S(=O)(=O)c1cc(Nc2ncnc3sccc23)ccc1C. The van der Waals surface area contributed by atoms with Crippen molar-refractivity contribution < 1.29 is 8.42 Å². The lowest BCUT2D eigenvalue weighted by Gasteiger charge is -2.20. The number of rotatable bonds is 6. The zero-order chi connectivity index (χ0) is 18.0. The quantitative estimate of drug-likeness (QED) is 0.709. The average molecular weight is 377 g/mol. The number of hydrogen-bond donors (Lipinski definition) is 1. The molecule has 25 heavy (non-hydrogen) atoms. The predicted molar refractivity (Wildman–Crippen MR) is 102 cm³/mol. The number of sulfonamides is 1. The highest BCUT2D eigenvalue weighted by Gasteiger charge is 2.24. The Morgan fingerprint density at radius 2 is 1.92 bits per heavy atom. The van der Waals surface area contributed by atoms with Gasteiger partial charge in [0.05, 0.1) is 10.3 Å². The zero-order valence-corrected chi connectivity index (χ0v) is 16.0. The van der Waals surface area contributed by atoms with Crippen molar-refractivity contribution in [2.24, 2.45) is 0 Å². The van der Waals surface area contributed by atoms with Gasteiger partial charge in [0.25, 0.3) is 0 Å². The summed E-state index contributed by atoms with van der Waals surface area (Å²) in [7, 11) is -3.52. The van der Waals surface area contributed by atoms with Crippen molar-refractivity contribution >= 4 is 43.1 Å². The van der Waals surface area contributed by atoms with E-state index in [-0.39, 0.29) is 0 Å². The summed E-state index contributed by atoms with van der Waals surface area (Å²) in [4.78, 5) is 9.71. The number of thiophene rings is 1. The lowest BCUT2D eigenvalue weighted by atomic mass is 10.2. The first-order valence-electron chi connectivity index (χ1n) is 8.03. The van der Waals surface area contributed by atoms with Gasteiger partial charge in [0, 0.05) is 18.8 Å². The summed E-state index contributed by atoms with van der Waals surface area (Å²) in [5.41, 5.74) is 1.41. The van der Waals surface area contributed by atoms with Gasteiger partial charge in [-0.25, -0.2) is 18.4 Å². The number of benzene rings is 1. The van der Waals surface area contributed by atoms with Gasteiger partial charge in [0.1, 0.15) is 17.0 Å². The first kappa shape index (κ1) is 17.8. The molecule has 0 aliphatic rings. The van der Waals surface area contributed by atoms with E-state index >= 15 is 0 Å². The van der Waals surface area contributed by atoms with Crippen LogP contribution in [0, 0.1) is 6.92 Å². The molecule has 0 saturated carbocycles. The molecular weight excluding hydrogens is 356 g/mol. The van der Waals surface area contributed by atoms with Crippen molar-refractivity contribution in [2.75, 3.05) is 18.4 Å². The number of aromatic nitrogens is 2. The first-order valence-corrected chi connectivity index (χ1v) is 10.3. The normalized spacial score (nSPS) is 12.0. The monoisotopic (exact) mass is 376 g/mol. The summed E-state index contributed by atoms with van der Waals surface area (Å²) in [5, 5.41) is 6.09. The van der Waals surface area contributed by atoms with Crippen molar-refractivity contribution in [3.8, 4) is 0 Å². The molecule has 0 bridgehead atoms. The molecule has 0 spiro atoms. The van der Waals surface area contributed by atoms with Gasteiger partial charge in [0.2, 0.25) is 10.0 Å². The lowest BCUT2D eigenvalue weighted by molar-refractivity contribution is 0.445. The van der Waals surface area contributed by atoms with Crippen LogP contribution >= 0.6 is 11.3 Å². The maximum atomic E-state index is 12.9. The molecule has 132 valence electrons. The number of aryl methyl sites for hydroxylation is 1. The summed E-state index contributed by atoms with van der Waals surface area (Å²) >= 11 is 1.54. The van der Waals surface area contributed by atoms with Crippen molar-refractivity contribution in [3.63, 3.8) is 0 Å². The van der Waals surface area contributed by atoms with Crippen molar-refractivity contribution in [1.82, 2.24) is 14.3 Å². The third-order valence-corrected chi connectivity index (χ3v) is 7.05. The molecule has 1 N–H and O–H groups in total. The van der Waals surface area contributed by atoms with E-state index in [0.717, 1.165) is 15.8 Å². The molecule has 3 aromatic rings. The van der Waals surface area contributed by atoms with E-state index in [2.05, 4.69) is 15.3 Å². The first-order chi connectivity index (χ1) is 12.0. The van der Waals surface area contributed by atoms with Crippen molar-refractivity contribution in [3.05, 3.63) is 41.5 Å². The largest absolute Gasteiger partial charge is 0.340 e. The Morgan fingerprint density at radius 3 is 2.64 bits per heavy atom. The van der Waals surface area contributed by atoms with E-state index < -0.39 is 10.0 Å². The molecule has 2 heterocycles. The zero-order valence-electron chi connectivity index (χ0n) is 14.4. The van der Waals surface area contributed by atoms with E-state index in [1.54, 1.807) is 6.07 Å². The minimum atomic E-state index is -3.52. The van der Waals surface area contributed by atoms with Crippen LogP contribution in [-0.4, -0.2) is 35.8 Å². The number of anilines is 2. The average Bonchev–Trinajstić information content (AvgIpc) is 3.07. The Kier molecular flexibility index (Phi) is 5.03. The molecule has 0 aliphatic heterocycles. The van der Waals surface area contributed by atoms with Gasteiger partial charge < -0.3 is 5.32 Å². The van der Waals surface area contributed by atoms with Crippen LogP contribution in [0.3, 0.4) is 0 Å². The second-order valence-corrected chi connectivity index (χ2v) is 8.36. The van der Waals surface area contributed by atoms with Crippen LogP contribution in [0.2, 0.25) is 0 Å². The Bertz CT molecular complexity index is 995. The molecular formula is C17H20N4O2S2. The molecule has 6 nitrogen and oxygen atoms in total. The van der Waals surface area contributed by atoms with E-state index in [1.165, 1.54) is 22.0 Å². The molecule has 0 unspecified atom stereocenters. The van der Waals surface area contributed by atoms with Crippen LogP contribution in [0.5, 0.6) is 0 Å². The molecule has 0 radical (unpaired) electrons. The highest BCUT2D eigenvalue weighted by atomic mass is 32.2. The fraction of sp³-hybridized carbons (Fsp3) is 0.294. The summed E-state index contributed by atoms with van der Waals surface area (Å²) in [6, 6.07) is 7.29. The van der Waals surface area contributed by atoms with Crippen LogP contribution < -0.4 is 5.32 Å². The van der Waals surface area contributed by atoms with Gasteiger partial charge in [-0.05, 0) is 36.1 Å². The molecule has 0 atom stereocenters. The Labute approximate surface area is 151 Å². The Balaban J connectivity index is 2.01. The summed E-state index contributed by atoms with van der Waals surface area (Å²) in [5.74, 6) is 0.668. The van der Waals surface area contributed by atoms with Gasteiger partial charge in [-0.15, -0.1) is 11.3 Å². The molecule has 1 aromatic carbocycles. The Hall–Kier alpha value is -2.03. The third kappa shape index (κ3) is 3.37. The van der Waals surface area contributed by atoms with E-state index in [1.807, 2.05) is 44.4 Å². The maximum Gasteiger partial charge on any atom is 0.243 e. The minimum absolute atomic E-state index is 0.316. The molecule has 2 aromatic heterocycles. The fourth-order valence-corrected chi connectivity index (χ4v) is 5.13. The maximum absolute atomic E-state index is 12.9. The summed E-state index contributed by atoms with van der Waals surface area (Å²) in [6.07, 6.45) is 1.50. The second kappa shape index (κ2) is 7.07. The van der Waals surface area contributed by atoms with Crippen LogP contribution in [0.4, 0.5) is 11.5 Å². The second-order valence-electron chi connectivity index (χ2n) is 5.56. The summed E-state index contributed by atoms with van der Waals surface area (Å²) in [6.45, 7) is 6.37. The van der Waals surface area contributed by atoms with E-state index in [9.17, 15) is 8.42 Å². The number of hydrogen-bond acceptors (Lipinski definition) is 6. The van der Waals surface area contributed by atoms with Gasteiger partial charge in [0.15, 0.2) is 0 Å². The van der Waals surface area contributed by atoms with Gasteiger partial charge in [-0.2, -0.15) is 4.31 Å². The number of nitrogens with zero attached hydrogens (tertiary/aromatic N) is 3. The number of fused-ring (bicyclic) bond motifs is 1. The van der Waals surface area contributed by atoms with Gasteiger partial charge in [-0.3, -0.25) is 0 Å². The van der Waals surface area contributed by atoms with Gasteiger partial charge >= 0.3 is 0 Å². The van der Waals surface area contributed by atoms with E-state index in [4.69, 9.17) is 0 Å². The molecule has 0 fully saturated rings. The van der Waals surface area contributed by atoms with Crippen LogP contribution in [0.1, 0.15) is 19.4 Å². The van der Waals surface area contributed by atoms with Gasteiger partial charge in [-0.1, -0.05) is 19.9 Å². The molecule has 8 heteroatoms. The predicted octanol–water partition coefficient (Wildman–Crippen LogP) is 3.77. The topological polar surface area (TPSA) is 75.2 Å². The highest BCUT2D eigenvalue weighted by Crippen LogP contribution is 2.29. The van der Waals surface area contributed by atoms with E-state index in [0.29, 0.717) is 29.5 Å². The van der Waals surface area contributed by atoms with Crippen molar-refractivity contribution in [1.29, 1.82) is 0 Å². The molecule has 0 aliphatic carbocycles. The highest BCUT2D eigenvalue weighted by molar-refractivity contribution is 7.89. The van der Waals surface area contributed by atoms with Crippen LogP contribution in [0.15, 0.2) is 40.9 Å². The van der Waals surface area contributed by atoms with Crippen LogP contribution in [-0.2, 0) is 10.0 Å². The minimum Gasteiger partial charge on any atom is -0.340 e. The smallest absolute Gasteiger partial charge is 0.243 e. The van der Waals surface area contributed by atoms with Crippen LogP contribution in [0.25, 0.3) is 10.2 Å². The molecule has 3 rings (SSSR count). The van der Waals surface area contributed by atoms with Crippen molar-refractivity contribution in [2.45, 2.75) is 25.7 Å². The number of nitrogens with one attached hydrogen (secondary N) is 1. The third-order valence-electron chi connectivity index (χ3n) is 4.04. The fourth-order valence-electron chi connectivity index (χ4n) is 2.68. The lowest BCUT2D eigenvalue weighted by Crippen LogP contribution is -2.31. The Morgan fingerprint density at radius 1 is 1.16 bits per heavy atom. The summed E-state index contributed by atoms with van der Waals surface area (Å²) < 4.78 is 27.2. The molecule has 0 amide bonds.